The third-order valence-corrected chi connectivity index (χ3v) is 4.33. The lowest BCUT2D eigenvalue weighted by Gasteiger charge is -2.16. The molecule has 0 unspecified atom stereocenters. The molecule has 1 N–H and O–H groups in total. The quantitative estimate of drug-likeness (QED) is 0.920. The molecule has 0 spiro atoms. The Labute approximate surface area is 143 Å². The number of hydrogen-bond acceptors (Lipinski definition) is 3. The molecular formula is C17H19F3N4O. The van der Waals surface area contributed by atoms with Crippen molar-refractivity contribution in [3.05, 3.63) is 47.0 Å². The van der Waals surface area contributed by atoms with Crippen molar-refractivity contribution < 1.29 is 18.0 Å². The van der Waals surface area contributed by atoms with E-state index in [0.717, 1.165) is 50.2 Å². The molecule has 0 saturated heterocycles. The highest BCUT2D eigenvalue weighted by atomic mass is 19.4. The number of hydrogen-bond donors (Lipinski definition) is 1. The summed E-state index contributed by atoms with van der Waals surface area (Å²) in [6.45, 7) is 2.55. The molecule has 0 bridgehead atoms. The van der Waals surface area contributed by atoms with E-state index in [1.165, 1.54) is 12.1 Å². The molecule has 1 aromatic heterocycles. The Morgan fingerprint density at radius 3 is 2.80 bits per heavy atom. The minimum absolute atomic E-state index is 0.0303. The molecule has 5 nitrogen and oxygen atoms in total. The summed E-state index contributed by atoms with van der Waals surface area (Å²) in [5, 5.41) is 11.1. The highest BCUT2D eigenvalue weighted by Crippen LogP contribution is 2.29. The fourth-order valence-electron chi connectivity index (χ4n) is 3.01. The third kappa shape index (κ3) is 3.83. The number of amides is 1. The Morgan fingerprint density at radius 1 is 1.24 bits per heavy atom. The second kappa shape index (κ2) is 6.85. The Balaban J connectivity index is 1.76. The number of nitrogens with one attached hydrogen (secondary N) is 1. The smallest absolute Gasteiger partial charge is 0.342 e. The normalized spacial score (nSPS) is 16.0. The van der Waals surface area contributed by atoms with Gasteiger partial charge in [0.25, 0.3) is 5.91 Å². The topological polar surface area (TPSA) is 59.8 Å². The molecule has 0 fully saturated rings. The van der Waals surface area contributed by atoms with Gasteiger partial charge in [-0.1, -0.05) is 12.5 Å². The summed E-state index contributed by atoms with van der Waals surface area (Å²) in [7, 11) is 0. The maximum Gasteiger partial charge on any atom is 0.416 e. The third-order valence-electron chi connectivity index (χ3n) is 4.33. The zero-order chi connectivity index (χ0) is 18.0. The lowest BCUT2D eigenvalue weighted by atomic mass is 10.1. The number of fused-ring (bicyclic) bond motifs is 1. The molecule has 1 aromatic carbocycles. The summed E-state index contributed by atoms with van der Waals surface area (Å²) >= 11 is 0. The van der Waals surface area contributed by atoms with Crippen molar-refractivity contribution in [3.8, 4) is 0 Å². The first-order valence-corrected chi connectivity index (χ1v) is 8.26. The minimum Gasteiger partial charge on any atom is -0.342 e. The van der Waals surface area contributed by atoms with Crippen molar-refractivity contribution in [2.45, 2.75) is 51.4 Å². The Kier molecular flexibility index (Phi) is 4.78. The number of carbonyl (C=O) groups is 1. The number of aryl methyl sites for hydroxylation is 1. The predicted molar refractivity (Wildman–Crippen MR) is 84.9 cm³/mol. The maximum absolute atomic E-state index is 12.8. The van der Waals surface area contributed by atoms with E-state index in [1.54, 1.807) is 6.92 Å². The van der Waals surface area contributed by atoms with E-state index >= 15 is 0 Å². The molecule has 1 aliphatic heterocycles. The highest BCUT2D eigenvalue weighted by molar-refractivity contribution is 5.94. The molecule has 2 aromatic rings. The van der Waals surface area contributed by atoms with Gasteiger partial charge >= 0.3 is 6.18 Å². The van der Waals surface area contributed by atoms with E-state index in [0.29, 0.717) is 5.82 Å². The van der Waals surface area contributed by atoms with Crippen LogP contribution in [0.25, 0.3) is 0 Å². The second-order valence-corrected chi connectivity index (χ2v) is 6.21. The number of benzene rings is 1. The standard InChI is InChI=1S/C17H19F3N4O/c1-11(15-23-22-14-8-3-2-4-9-24(14)15)21-16(25)12-6-5-7-13(10-12)17(18,19)20/h5-7,10-11H,2-4,8-9H2,1H3,(H,21,25)/t11-/m1/s1. The Bertz CT molecular complexity index is 769. The fourth-order valence-corrected chi connectivity index (χ4v) is 3.01. The van der Waals surface area contributed by atoms with Gasteiger partial charge in [0, 0.05) is 18.5 Å². The molecule has 25 heavy (non-hydrogen) atoms. The van der Waals surface area contributed by atoms with Gasteiger partial charge in [0.05, 0.1) is 11.6 Å². The van der Waals surface area contributed by atoms with Gasteiger partial charge in [-0.3, -0.25) is 4.79 Å². The summed E-state index contributed by atoms with van der Waals surface area (Å²) < 4.78 is 40.4. The average Bonchev–Trinajstić information content (AvgIpc) is 2.83. The van der Waals surface area contributed by atoms with Crippen LogP contribution < -0.4 is 5.32 Å². The first-order valence-electron chi connectivity index (χ1n) is 8.26. The van der Waals surface area contributed by atoms with Crippen LogP contribution in [-0.4, -0.2) is 20.7 Å². The molecule has 1 atom stereocenters. The van der Waals surface area contributed by atoms with Crippen LogP contribution in [0.5, 0.6) is 0 Å². The Morgan fingerprint density at radius 2 is 2.04 bits per heavy atom. The van der Waals surface area contributed by atoms with Crippen LogP contribution in [0.15, 0.2) is 24.3 Å². The molecule has 8 heteroatoms. The van der Waals surface area contributed by atoms with E-state index in [9.17, 15) is 18.0 Å². The molecule has 0 saturated carbocycles. The van der Waals surface area contributed by atoms with Gasteiger partial charge in [0.15, 0.2) is 5.82 Å². The fraction of sp³-hybridized carbons (Fsp3) is 0.471. The summed E-state index contributed by atoms with van der Waals surface area (Å²) in [5.74, 6) is 0.967. The molecule has 1 aliphatic rings. The van der Waals surface area contributed by atoms with Crippen LogP contribution in [0.1, 0.15) is 59.8 Å². The summed E-state index contributed by atoms with van der Waals surface area (Å²) in [5.41, 5.74) is -0.874. The van der Waals surface area contributed by atoms with Crippen molar-refractivity contribution in [1.82, 2.24) is 20.1 Å². The van der Waals surface area contributed by atoms with Crippen LogP contribution in [0.3, 0.4) is 0 Å². The number of alkyl halides is 3. The largest absolute Gasteiger partial charge is 0.416 e. The zero-order valence-corrected chi connectivity index (χ0v) is 13.8. The Hall–Kier alpha value is -2.38. The SMILES string of the molecule is C[C@@H](NC(=O)c1cccc(C(F)(F)F)c1)c1nnc2n1CCCCC2. The lowest BCUT2D eigenvalue weighted by molar-refractivity contribution is -0.137. The van der Waals surface area contributed by atoms with Crippen molar-refractivity contribution in [2.24, 2.45) is 0 Å². The molecule has 0 radical (unpaired) electrons. The van der Waals surface area contributed by atoms with Gasteiger partial charge in [0.1, 0.15) is 5.82 Å². The van der Waals surface area contributed by atoms with Gasteiger partial charge in [-0.2, -0.15) is 13.2 Å². The van der Waals surface area contributed by atoms with Crippen LogP contribution in [-0.2, 0) is 19.1 Å². The van der Waals surface area contributed by atoms with Crippen LogP contribution >= 0.6 is 0 Å². The number of aromatic nitrogens is 3. The number of carbonyl (C=O) groups excluding carboxylic acids is 1. The number of halogens is 3. The van der Waals surface area contributed by atoms with Crippen LogP contribution in [0.2, 0.25) is 0 Å². The first kappa shape index (κ1) is 17.4. The summed E-state index contributed by atoms with van der Waals surface area (Å²) in [6, 6.07) is 3.94. The van der Waals surface area contributed by atoms with Crippen molar-refractivity contribution >= 4 is 5.91 Å². The molecule has 3 rings (SSSR count). The van der Waals surface area contributed by atoms with E-state index < -0.39 is 23.7 Å². The monoisotopic (exact) mass is 352 g/mol. The number of rotatable bonds is 3. The van der Waals surface area contributed by atoms with Gasteiger partial charge in [-0.15, -0.1) is 10.2 Å². The molecule has 2 heterocycles. The van der Waals surface area contributed by atoms with Crippen molar-refractivity contribution in [2.75, 3.05) is 0 Å². The molecule has 0 aliphatic carbocycles. The molecule has 1 amide bonds. The van der Waals surface area contributed by atoms with E-state index in [4.69, 9.17) is 0 Å². The first-order chi connectivity index (χ1) is 11.9. The van der Waals surface area contributed by atoms with Crippen molar-refractivity contribution in [1.29, 1.82) is 0 Å². The van der Waals surface area contributed by atoms with E-state index in [-0.39, 0.29) is 5.56 Å². The van der Waals surface area contributed by atoms with E-state index in [2.05, 4.69) is 15.5 Å². The van der Waals surface area contributed by atoms with Gasteiger partial charge < -0.3 is 9.88 Å². The lowest BCUT2D eigenvalue weighted by Crippen LogP contribution is -2.29. The van der Waals surface area contributed by atoms with Crippen molar-refractivity contribution in [3.63, 3.8) is 0 Å². The highest BCUT2D eigenvalue weighted by Gasteiger charge is 2.31. The van der Waals surface area contributed by atoms with Gasteiger partial charge in [-0.05, 0) is 38.0 Å². The molecular weight excluding hydrogens is 333 g/mol. The minimum atomic E-state index is -4.48. The predicted octanol–water partition coefficient (Wildman–Crippen LogP) is 3.51. The van der Waals surface area contributed by atoms with E-state index in [1.807, 2.05) is 4.57 Å². The van der Waals surface area contributed by atoms with Gasteiger partial charge in [-0.25, -0.2) is 0 Å². The average molecular weight is 352 g/mol. The summed E-state index contributed by atoms with van der Waals surface area (Å²) in [4.78, 5) is 12.3. The van der Waals surface area contributed by atoms with Crippen LogP contribution in [0, 0.1) is 0 Å². The summed E-state index contributed by atoms with van der Waals surface area (Å²) in [6.07, 6.45) is -0.434. The number of nitrogens with zero attached hydrogens (tertiary/aromatic N) is 3. The van der Waals surface area contributed by atoms with Crippen LogP contribution in [0.4, 0.5) is 13.2 Å². The maximum atomic E-state index is 12.8. The van der Waals surface area contributed by atoms with Gasteiger partial charge in [0.2, 0.25) is 0 Å². The zero-order valence-electron chi connectivity index (χ0n) is 13.8. The molecule has 134 valence electrons. The second-order valence-electron chi connectivity index (χ2n) is 6.21.